The molecule has 0 saturated heterocycles. The first kappa shape index (κ1) is 22.4. The molecule has 0 spiro atoms. The van der Waals surface area contributed by atoms with Crippen LogP contribution >= 0.6 is 0 Å². The van der Waals surface area contributed by atoms with Gasteiger partial charge in [-0.05, 0) is 49.2 Å². The predicted octanol–water partition coefficient (Wildman–Crippen LogP) is 2.49. The summed E-state index contributed by atoms with van der Waals surface area (Å²) in [5.74, 6) is -0.649. The first-order valence-corrected chi connectivity index (χ1v) is 10.5. The molecule has 156 valence electrons. The zero-order chi connectivity index (χ0) is 21.4. The molecule has 2 rings (SSSR count). The van der Waals surface area contributed by atoms with Gasteiger partial charge in [0.2, 0.25) is 10.0 Å². The average Bonchev–Trinajstić information content (AvgIpc) is 2.71. The number of nitrogens with one attached hydrogen (secondary N) is 2. The number of para-hydroxylation sites is 1. The van der Waals surface area contributed by atoms with Gasteiger partial charge in [-0.15, -0.1) is 0 Å². The molecule has 1 amide bonds. The van der Waals surface area contributed by atoms with E-state index in [1.165, 1.54) is 31.4 Å². The van der Waals surface area contributed by atoms with Crippen LogP contribution in [0.4, 0.5) is 5.69 Å². The van der Waals surface area contributed by atoms with Crippen molar-refractivity contribution in [2.75, 3.05) is 25.6 Å². The summed E-state index contributed by atoms with van der Waals surface area (Å²) in [5.41, 5.74) is 1.12. The van der Waals surface area contributed by atoms with Gasteiger partial charge in [-0.1, -0.05) is 19.1 Å². The van der Waals surface area contributed by atoms with Crippen LogP contribution in [0.3, 0.4) is 0 Å². The first-order valence-electron chi connectivity index (χ1n) is 8.98. The molecule has 0 unspecified atom stereocenters. The van der Waals surface area contributed by atoms with Crippen LogP contribution in [0.25, 0.3) is 0 Å². The van der Waals surface area contributed by atoms with Crippen LogP contribution in [0, 0.1) is 6.92 Å². The summed E-state index contributed by atoms with van der Waals surface area (Å²) in [6, 6.07) is 10.9. The predicted molar refractivity (Wildman–Crippen MR) is 109 cm³/mol. The highest BCUT2D eigenvalue weighted by Gasteiger charge is 2.16. The number of esters is 1. The lowest BCUT2D eigenvalue weighted by atomic mass is 10.2. The highest BCUT2D eigenvalue weighted by molar-refractivity contribution is 7.89. The SMILES string of the molecule is CCCNS(=O)(=O)c1ccc(OCC(=O)Nc2ccccc2C(=O)OC)c(C)c1. The van der Waals surface area contributed by atoms with Gasteiger partial charge in [0.25, 0.3) is 5.91 Å². The Kier molecular flexibility index (Phi) is 7.74. The summed E-state index contributed by atoms with van der Waals surface area (Å²) in [6.07, 6.45) is 0.688. The molecule has 8 nitrogen and oxygen atoms in total. The van der Waals surface area contributed by atoms with E-state index in [0.29, 0.717) is 30.0 Å². The fourth-order valence-electron chi connectivity index (χ4n) is 2.48. The lowest BCUT2D eigenvalue weighted by molar-refractivity contribution is -0.118. The molecule has 2 N–H and O–H groups in total. The fourth-order valence-corrected chi connectivity index (χ4v) is 3.70. The number of hydrogen-bond acceptors (Lipinski definition) is 6. The molecule has 29 heavy (non-hydrogen) atoms. The van der Waals surface area contributed by atoms with E-state index in [9.17, 15) is 18.0 Å². The number of amides is 1. The smallest absolute Gasteiger partial charge is 0.339 e. The normalized spacial score (nSPS) is 11.0. The van der Waals surface area contributed by atoms with E-state index in [1.54, 1.807) is 25.1 Å². The number of methoxy groups -OCH3 is 1. The van der Waals surface area contributed by atoms with Crippen molar-refractivity contribution in [3.63, 3.8) is 0 Å². The molecule has 0 fully saturated rings. The van der Waals surface area contributed by atoms with E-state index in [0.717, 1.165) is 0 Å². The molecular weight excluding hydrogens is 396 g/mol. The Labute approximate surface area is 170 Å². The van der Waals surface area contributed by atoms with Crippen molar-refractivity contribution in [3.8, 4) is 5.75 Å². The molecule has 0 bridgehead atoms. The van der Waals surface area contributed by atoms with E-state index in [1.807, 2.05) is 6.92 Å². The van der Waals surface area contributed by atoms with E-state index in [-0.39, 0.29) is 17.1 Å². The molecule has 0 aliphatic heterocycles. The number of rotatable bonds is 9. The summed E-state index contributed by atoms with van der Waals surface area (Å²) >= 11 is 0. The first-order chi connectivity index (χ1) is 13.8. The third kappa shape index (κ3) is 6.03. The van der Waals surface area contributed by atoms with E-state index in [2.05, 4.69) is 10.0 Å². The highest BCUT2D eigenvalue weighted by atomic mass is 32.2. The van der Waals surface area contributed by atoms with Crippen LogP contribution in [0.5, 0.6) is 5.75 Å². The van der Waals surface area contributed by atoms with Gasteiger partial charge >= 0.3 is 5.97 Å². The second-order valence-corrected chi connectivity index (χ2v) is 7.97. The van der Waals surface area contributed by atoms with Crippen molar-refractivity contribution in [1.82, 2.24) is 4.72 Å². The summed E-state index contributed by atoms with van der Waals surface area (Å²) in [5, 5.41) is 2.60. The molecule has 0 aliphatic carbocycles. The Morgan fingerprint density at radius 2 is 1.83 bits per heavy atom. The van der Waals surface area contributed by atoms with Gasteiger partial charge in [0, 0.05) is 6.54 Å². The average molecular weight is 420 g/mol. The second kappa shape index (κ2) is 10.0. The molecule has 0 atom stereocenters. The molecule has 0 aliphatic rings. The maximum Gasteiger partial charge on any atom is 0.339 e. The minimum atomic E-state index is -3.58. The van der Waals surface area contributed by atoms with Gasteiger partial charge in [-0.3, -0.25) is 4.79 Å². The molecule has 0 aromatic heterocycles. The molecule has 9 heteroatoms. The van der Waals surface area contributed by atoms with E-state index < -0.39 is 21.9 Å². The zero-order valence-corrected chi connectivity index (χ0v) is 17.3. The lowest BCUT2D eigenvalue weighted by Crippen LogP contribution is -2.24. The number of aryl methyl sites for hydroxylation is 1. The Bertz CT molecular complexity index is 988. The van der Waals surface area contributed by atoms with Gasteiger partial charge in [0.15, 0.2) is 6.61 Å². The largest absolute Gasteiger partial charge is 0.483 e. The van der Waals surface area contributed by atoms with Crippen molar-refractivity contribution < 1.29 is 27.5 Å². The number of anilines is 1. The van der Waals surface area contributed by atoms with Crippen molar-refractivity contribution in [2.24, 2.45) is 0 Å². The third-order valence-electron chi connectivity index (χ3n) is 3.96. The van der Waals surface area contributed by atoms with Crippen LogP contribution in [-0.2, 0) is 19.6 Å². The molecule has 0 radical (unpaired) electrons. The van der Waals surface area contributed by atoms with Crippen molar-refractivity contribution in [3.05, 3.63) is 53.6 Å². The Balaban J connectivity index is 2.04. The monoisotopic (exact) mass is 420 g/mol. The van der Waals surface area contributed by atoms with E-state index >= 15 is 0 Å². The Morgan fingerprint density at radius 1 is 1.10 bits per heavy atom. The molecule has 0 heterocycles. The van der Waals surface area contributed by atoms with Gasteiger partial charge in [-0.2, -0.15) is 0 Å². The maximum atomic E-state index is 12.2. The van der Waals surface area contributed by atoms with Crippen LogP contribution in [-0.4, -0.2) is 40.6 Å². The quantitative estimate of drug-likeness (QED) is 0.603. The van der Waals surface area contributed by atoms with Crippen molar-refractivity contribution >= 4 is 27.6 Å². The number of benzene rings is 2. The highest BCUT2D eigenvalue weighted by Crippen LogP contribution is 2.22. The minimum Gasteiger partial charge on any atom is -0.483 e. The lowest BCUT2D eigenvalue weighted by Gasteiger charge is -2.13. The van der Waals surface area contributed by atoms with Crippen molar-refractivity contribution in [2.45, 2.75) is 25.2 Å². The number of ether oxygens (including phenoxy) is 2. The molecule has 2 aromatic carbocycles. The summed E-state index contributed by atoms with van der Waals surface area (Å²) in [6.45, 7) is 3.61. The van der Waals surface area contributed by atoms with Gasteiger partial charge in [-0.25, -0.2) is 17.9 Å². The zero-order valence-electron chi connectivity index (χ0n) is 16.5. The standard InChI is InChI=1S/C20H24N2O6S/c1-4-11-21-29(25,26)15-9-10-18(14(2)12-15)28-13-19(23)22-17-8-6-5-7-16(17)20(24)27-3/h5-10,12,21H,4,11,13H2,1-3H3,(H,22,23). The number of hydrogen-bond donors (Lipinski definition) is 2. The Hall–Kier alpha value is -2.91. The summed E-state index contributed by atoms with van der Waals surface area (Å²) in [7, 11) is -2.32. The minimum absolute atomic E-state index is 0.132. The maximum absolute atomic E-state index is 12.2. The number of carbonyl (C=O) groups excluding carboxylic acids is 2. The van der Waals surface area contributed by atoms with Crippen LogP contribution in [0.15, 0.2) is 47.4 Å². The van der Waals surface area contributed by atoms with Gasteiger partial charge in [0.05, 0.1) is 23.3 Å². The van der Waals surface area contributed by atoms with Crippen LogP contribution in [0.1, 0.15) is 29.3 Å². The molecule has 0 saturated carbocycles. The van der Waals surface area contributed by atoms with Crippen molar-refractivity contribution in [1.29, 1.82) is 0 Å². The van der Waals surface area contributed by atoms with Gasteiger partial charge in [0.1, 0.15) is 5.75 Å². The topological polar surface area (TPSA) is 111 Å². The van der Waals surface area contributed by atoms with Crippen LogP contribution in [0.2, 0.25) is 0 Å². The molecular formula is C20H24N2O6S. The molecule has 2 aromatic rings. The Morgan fingerprint density at radius 3 is 2.48 bits per heavy atom. The fraction of sp³-hybridized carbons (Fsp3) is 0.300. The summed E-state index contributed by atoms with van der Waals surface area (Å²) < 4.78 is 37.1. The number of carbonyl (C=O) groups is 2. The van der Waals surface area contributed by atoms with Gasteiger partial charge < -0.3 is 14.8 Å². The third-order valence-corrected chi connectivity index (χ3v) is 5.42. The number of sulfonamides is 1. The van der Waals surface area contributed by atoms with Crippen LogP contribution < -0.4 is 14.8 Å². The second-order valence-electron chi connectivity index (χ2n) is 6.20. The van der Waals surface area contributed by atoms with E-state index in [4.69, 9.17) is 9.47 Å². The summed E-state index contributed by atoms with van der Waals surface area (Å²) in [4.78, 5) is 24.1.